The molecule has 3 heterocycles. The highest BCUT2D eigenvalue weighted by atomic mass is 15.2. The average Bonchev–Trinajstić information content (AvgIpc) is 2.83. The first-order valence-electron chi connectivity index (χ1n) is 12.3. The number of anilines is 1. The topological polar surface area (TPSA) is 43.4 Å². The van der Waals surface area contributed by atoms with Gasteiger partial charge >= 0.3 is 0 Å². The Morgan fingerprint density at radius 1 is 1.13 bits per heavy atom. The van der Waals surface area contributed by atoms with E-state index in [1.165, 1.54) is 48.2 Å². The lowest BCUT2D eigenvalue weighted by Crippen LogP contribution is -2.48. The molecular formula is C26H37N5. The van der Waals surface area contributed by atoms with Gasteiger partial charge in [0.15, 0.2) is 0 Å². The van der Waals surface area contributed by atoms with Crippen LogP contribution in [0.15, 0.2) is 36.5 Å². The smallest absolute Gasteiger partial charge is 0.0607 e. The molecule has 0 saturated carbocycles. The van der Waals surface area contributed by atoms with Gasteiger partial charge in [0, 0.05) is 57.2 Å². The minimum atomic E-state index is 0.469. The highest BCUT2D eigenvalue weighted by Gasteiger charge is 2.30. The van der Waals surface area contributed by atoms with Gasteiger partial charge in [0.25, 0.3) is 0 Å². The van der Waals surface area contributed by atoms with Gasteiger partial charge in [0.1, 0.15) is 0 Å². The number of aryl methyl sites for hydroxylation is 1. The number of nitrogens with zero attached hydrogens (tertiary/aromatic N) is 3. The van der Waals surface area contributed by atoms with Gasteiger partial charge in [-0.3, -0.25) is 9.88 Å². The van der Waals surface area contributed by atoms with E-state index in [1.54, 1.807) is 5.56 Å². The molecule has 0 amide bonds. The standard InChI is InChI=1S/C26H37N5/c1-2-14-31(25-10-3-6-20-8-5-11-28-26(20)25)19-22-17-23-21(18-29-22)7-4-9-24(23)30-15-12-27-13-16-30/h4-5,7-9,11,22,25,27,29H,2-3,6,10,12-19H2,1H3/t22-,25+/m1/s1. The van der Waals surface area contributed by atoms with Crippen molar-refractivity contribution in [3.8, 4) is 0 Å². The van der Waals surface area contributed by atoms with Gasteiger partial charge in [-0.25, -0.2) is 0 Å². The Hall–Kier alpha value is -1.95. The van der Waals surface area contributed by atoms with Gasteiger partial charge in [0.2, 0.25) is 0 Å². The Kier molecular flexibility index (Phi) is 6.53. The number of fused-ring (bicyclic) bond motifs is 2. The zero-order chi connectivity index (χ0) is 21.0. The van der Waals surface area contributed by atoms with Gasteiger partial charge < -0.3 is 15.5 Å². The maximum Gasteiger partial charge on any atom is 0.0607 e. The number of aromatic nitrogens is 1. The van der Waals surface area contributed by atoms with Crippen LogP contribution in [0.5, 0.6) is 0 Å². The van der Waals surface area contributed by atoms with Crippen LogP contribution in [-0.4, -0.2) is 55.2 Å². The molecule has 5 nitrogen and oxygen atoms in total. The highest BCUT2D eigenvalue weighted by Crippen LogP contribution is 2.34. The van der Waals surface area contributed by atoms with Crippen molar-refractivity contribution in [2.24, 2.45) is 0 Å². The fourth-order valence-electron chi connectivity index (χ4n) is 5.81. The number of piperazine rings is 1. The quantitative estimate of drug-likeness (QED) is 0.752. The van der Waals surface area contributed by atoms with E-state index in [0.717, 1.165) is 52.2 Å². The minimum Gasteiger partial charge on any atom is -0.369 e. The van der Waals surface area contributed by atoms with Crippen LogP contribution in [-0.2, 0) is 19.4 Å². The summed E-state index contributed by atoms with van der Waals surface area (Å²) in [7, 11) is 0. The molecule has 0 unspecified atom stereocenters. The molecule has 2 atom stereocenters. The molecule has 3 aliphatic rings. The van der Waals surface area contributed by atoms with Crippen molar-refractivity contribution in [2.45, 2.75) is 57.7 Å². The second kappa shape index (κ2) is 9.68. The molecule has 2 aliphatic heterocycles. The van der Waals surface area contributed by atoms with E-state index in [2.05, 4.69) is 57.7 Å². The Bertz CT molecular complexity index is 876. The van der Waals surface area contributed by atoms with E-state index in [9.17, 15) is 0 Å². The Morgan fingerprint density at radius 2 is 2.00 bits per heavy atom. The molecule has 0 spiro atoms. The third kappa shape index (κ3) is 4.50. The van der Waals surface area contributed by atoms with E-state index in [-0.39, 0.29) is 0 Å². The molecule has 5 heteroatoms. The van der Waals surface area contributed by atoms with Crippen LogP contribution in [0, 0.1) is 0 Å². The zero-order valence-corrected chi connectivity index (χ0v) is 18.9. The summed E-state index contributed by atoms with van der Waals surface area (Å²) in [5.41, 5.74) is 7.32. The number of pyridine rings is 1. The Labute approximate surface area is 187 Å². The molecule has 1 saturated heterocycles. The lowest BCUT2D eigenvalue weighted by atomic mass is 9.89. The molecular weight excluding hydrogens is 382 g/mol. The van der Waals surface area contributed by atoms with Crippen molar-refractivity contribution < 1.29 is 0 Å². The largest absolute Gasteiger partial charge is 0.369 e. The van der Waals surface area contributed by atoms with E-state index >= 15 is 0 Å². The summed E-state index contributed by atoms with van der Waals surface area (Å²) in [6, 6.07) is 12.3. The van der Waals surface area contributed by atoms with Crippen LogP contribution >= 0.6 is 0 Å². The van der Waals surface area contributed by atoms with Crippen molar-refractivity contribution in [2.75, 3.05) is 44.2 Å². The third-order valence-corrected chi connectivity index (χ3v) is 7.31. The molecule has 1 aromatic heterocycles. The van der Waals surface area contributed by atoms with Crippen molar-refractivity contribution in [1.82, 2.24) is 20.5 Å². The fourth-order valence-corrected chi connectivity index (χ4v) is 5.81. The first kappa shape index (κ1) is 20.9. The number of benzene rings is 1. The zero-order valence-electron chi connectivity index (χ0n) is 18.9. The second-order valence-electron chi connectivity index (χ2n) is 9.38. The number of rotatable bonds is 6. The van der Waals surface area contributed by atoms with Gasteiger partial charge in [-0.15, -0.1) is 0 Å². The van der Waals surface area contributed by atoms with Crippen molar-refractivity contribution in [3.63, 3.8) is 0 Å². The summed E-state index contributed by atoms with van der Waals surface area (Å²) in [5.74, 6) is 0. The molecule has 1 aliphatic carbocycles. The number of hydrogen-bond donors (Lipinski definition) is 2. The lowest BCUT2D eigenvalue weighted by molar-refractivity contribution is 0.153. The molecule has 0 radical (unpaired) electrons. The van der Waals surface area contributed by atoms with Crippen LogP contribution in [0.1, 0.15) is 54.6 Å². The first-order chi connectivity index (χ1) is 15.3. The Morgan fingerprint density at radius 3 is 2.87 bits per heavy atom. The van der Waals surface area contributed by atoms with Gasteiger partial charge in [-0.1, -0.05) is 25.1 Å². The van der Waals surface area contributed by atoms with E-state index < -0.39 is 0 Å². The minimum absolute atomic E-state index is 0.469. The normalized spacial score (nSPS) is 23.5. The molecule has 2 N–H and O–H groups in total. The van der Waals surface area contributed by atoms with Crippen molar-refractivity contribution in [3.05, 3.63) is 58.9 Å². The maximum atomic E-state index is 4.83. The van der Waals surface area contributed by atoms with Crippen LogP contribution in [0.2, 0.25) is 0 Å². The highest BCUT2D eigenvalue weighted by molar-refractivity contribution is 5.58. The monoisotopic (exact) mass is 419 g/mol. The van der Waals surface area contributed by atoms with Crippen molar-refractivity contribution >= 4 is 5.69 Å². The predicted molar refractivity (Wildman–Crippen MR) is 128 cm³/mol. The van der Waals surface area contributed by atoms with Crippen LogP contribution < -0.4 is 15.5 Å². The lowest BCUT2D eigenvalue weighted by Gasteiger charge is -2.39. The predicted octanol–water partition coefficient (Wildman–Crippen LogP) is 3.30. The molecule has 2 aromatic rings. The second-order valence-corrected chi connectivity index (χ2v) is 9.38. The molecule has 31 heavy (non-hydrogen) atoms. The number of hydrogen-bond acceptors (Lipinski definition) is 5. The summed E-state index contributed by atoms with van der Waals surface area (Å²) < 4.78 is 0. The van der Waals surface area contributed by atoms with Crippen LogP contribution in [0.3, 0.4) is 0 Å². The average molecular weight is 420 g/mol. The molecule has 0 bridgehead atoms. The summed E-state index contributed by atoms with van der Waals surface area (Å²) in [5, 5.41) is 7.36. The third-order valence-electron chi connectivity index (χ3n) is 7.31. The summed E-state index contributed by atoms with van der Waals surface area (Å²) in [6.45, 7) is 9.94. The van der Waals surface area contributed by atoms with Crippen LogP contribution in [0.4, 0.5) is 5.69 Å². The van der Waals surface area contributed by atoms with E-state index in [0.29, 0.717) is 12.1 Å². The van der Waals surface area contributed by atoms with Gasteiger partial charge in [0.05, 0.1) is 11.7 Å². The summed E-state index contributed by atoms with van der Waals surface area (Å²) >= 11 is 0. The molecule has 166 valence electrons. The molecule has 1 fully saturated rings. The van der Waals surface area contributed by atoms with Crippen LogP contribution in [0.25, 0.3) is 0 Å². The van der Waals surface area contributed by atoms with Gasteiger partial charge in [-0.2, -0.15) is 0 Å². The molecule has 1 aromatic carbocycles. The van der Waals surface area contributed by atoms with Gasteiger partial charge in [-0.05, 0) is 67.5 Å². The fraction of sp³-hybridized carbons (Fsp3) is 0.577. The summed E-state index contributed by atoms with van der Waals surface area (Å²) in [6.07, 6.45) is 7.99. The van der Waals surface area contributed by atoms with E-state index in [4.69, 9.17) is 4.98 Å². The first-order valence-corrected chi connectivity index (χ1v) is 12.3. The molecule has 5 rings (SSSR count). The van der Waals surface area contributed by atoms with E-state index in [1.807, 2.05) is 6.20 Å². The maximum absolute atomic E-state index is 4.83. The Balaban J connectivity index is 1.35. The van der Waals surface area contributed by atoms with Crippen molar-refractivity contribution in [1.29, 1.82) is 0 Å². The summed E-state index contributed by atoms with van der Waals surface area (Å²) in [4.78, 5) is 10.1. The number of nitrogens with one attached hydrogen (secondary N) is 2. The SMILES string of the molecule is CCCN(C[C@H]1Cc2c(cccc2N2CCNCC2)CN1)[C@H]1CCCc2cccnc21.